The van der Waals surface area contributed by atoms with Crippen LogP contribution in [0.25, 0.3) is 0 Å². The van der Waals surface area contributed by atoms with Gasteiger partial charge in [0.15, 0.2) is 0 Å². The molecule has 2 aromatic rings. The molecule has 0 bridgehead atoms. The summed E-state index contributed by atoms with van der Waals surface area (Å²) in [7, 11) is 0. The van der Waals surface area contributed by atoms with Gasteiger partial charge < -0.3 is 10.1 Å². The molecule has 0 heterocycles. The Morgan fingerprint density at radius 1 is 0.952 bits per heavy atom. The molecule has 112 valence electrons. The van der Waals surface area contributed by atoms with E-state index < -0.39 is 0 Å². The van der Waals surface area contributed by atoms with Gasteiger partial charge in [-0.2, -0.15) is 0 Å². The van der Waals surface area contributed by atoms with Crippen molar-refractivity contribution in [2.24, 2.45) is 0 Å². The molecule has 2 nitrogen and oxygen atoms in total. The third-order valence-corrected chi connectivity index (χ3v) is 3.77. The van der Waals surface area contributed by atoms with Crippen LogP contribution in [0.3, 0.4) is 0 Å². The average Bonchev–Trinajstić information content (AvgIpc) is 2.54. The summed E-state index contributed by atoms with van der Waals surface area (Å²) in [5, 5.41) is 3.57. The third kappa shape index (κ3) is 4.61. The van der Waals surface area contributed by atoms with Crippen molar-refractivity contribution in [3.8, 4) is 5.75 Å². The van der Waals surface area contributed by atoms with Crippen LogP contribution in [0.1, 0.15) is 44.4 Å². The summed E-state index contributed by atoms with van der Waals surface area (Å²) in [6, 6.07) is 19.1. The lowest BCUT2D eigenvalue weighted by molar-refractivity contribution is 0.214. The van der Waals surface area contributed by atoms with Crippen LogP contribution in [0.5, 0.6) is 5.75 Å². The highest BCUT2D eigenvalue weighted by atomic mass is 16.5. The van der Waals surface area contributed by atoms with Crippen LogP contribution in [0.4, 0.5) is 0 Å². The van der Waals surface area contributed by atoms with E-state index in [2.05, 4.69) is 68.6 Å². The van der Waals surface area contributed by atoms with Gasteiger partial charge in [-0.05, 0) is 31.9 Å². The Balaban J connectivity index is 2.00. The van der Waals surface area contributed by atoms with Crippen molar-refractivity contribution < 1.29 is 4.74 Å². The molecule has 0 saturated carbocycles. The molecule has 0 spiro atoms. The molecule has 0 radical (unpaired) electrons. The molecular formula is C19H25NO. The number of benzene rings is 2. The first-order chi connectivity index (χ1) is 10.2. The Kier molecular flexibility index (Phi) is 5.82. The molecule has 1 N–H and O–H groups in total. The number of rotatable bonds is 7. The molecule has 2 atom stereocenters. The Hall–Kier alpha value is -1.80. The molecule has 21 heavy (non-hydrogen) atoms. The molecule has 0 aliphatic heterocycles. The summed E-state index contributed by atoms with van der Waals surface area (Å²) in [6.07, 6.45) is 1.26. The minimum Gasteiger partial charge on any atom is -0.490 e. The molecule has 2 unspecified atom stereocenters. The SMILES string of the molecule is CCC(C)Oc1ccccc1CNC(C)c1ccccc1. The monoisotopic (exact) mass is 283 g/mol. The lowest BCUT2D eigenvalue weighted by atomic mass is 10.1. The molecule has 0 aromatic heterocycles. The van der Waals surface area contributed by atoms with Crippen molar-refractivity contribution >= 4 is 0 Å². The predicted octanol–water partition coefficient (Wildman–Crippen LogP) is 4.71. The lowest BCUT2D eigenvalue weighted by Gasteiger charge is -2.18. The van der Waals surface area contributed by atoms with Gasteiger partial charge in [-0.1, -0.05) is 55.5 Å². The topological polar surface area (TPSA) is 21.3 Å². The molecule has 0 aliphatic carbocycles. The second kappa shape index (κ2) is 7.84. The first-order valence-electron chi connectivity index (χ1n) is 7.73. The maximum atomic E-state index is 5.99. The largest absolute Gasteiger partial charge is 0.490 e. The van der Waals surface area contributed by atoms with Crippen LogP contribution >= 0.6 is 0 Å². The van der Waals surface area contributed by atoms with Crippen molar-refractivity contribution in [2.75, 3.05) is 0 Å². The Bertz CT molecular complexity index is 538. The van der Waals surface area contributed by atoms with E-state index >= 15 is 0 Å². The Labute approximate surface area is 128 Å². The standard InChI is InChI=1S/C19H25NO/c1-4-15(2)21-19-13-9-8-12-18(19)14-20-16(3)17-10-6-5-7-11-17/h5-13,15-16,20H,4,14H2,1-3H3. The van der Waals surface area contributed by atoms with Crippen molar-refractivity contribution in [3.63, 3.8) is 0 Å². The molecule has 0 fully saturated rings. The number of nitrogens with one attached hydrogen (secondary N) is 1. The summed E-state index contributed by atoms with van der Waals surface area (Å²) in [5.74, 6) is 0.986. The average molecular weight is 283 g/mol. The maximum Gasteiger partial charge on any atom is 0.124 e. The molecule has 0 amide bonds. The van der Waals surface area contributed by atoms with Gasteiger partial charge in [-0.3, -0.25) is 0 Å². The van der Waals surface area contributed by atoms with Crippen LogP contribution < -0.4 is 10.1 Å². The first kappa shape index (κ1) is 15.6. The highest BCUT2D eigenvalue weighted by Crippen LogP contribution is 2.21. The minimum atomic E-state index is 0.248. The van der Waals surface area contributed by atoms with Gasteiger partial charge in [0.25, 0.3) is 0 Å². The summed E-state index contributed by atoms with van der Waals surface area (Å²) < 4.78 is 5.99. The second-order valence-corrected chi connectivity index (χ2v) is 5.46. The second-order valence-electron chi connectivity index (χ2n) is 5.46. The molecule has 0 saturated heterocycles. The number of ether oxygens (including phenoxy) is 1. The van der Waals surface area contributed by atoms with Gasteiger partial charge in [0, 0.05) is 18.2 Å². The van der Waals surface area contributed by atoms with Gasteiger partial charge in [0.2, 0.25) is 0 Å². The summed E-state index contributed by atoms with van der Waals surface area (Å²) in [6.45, 7) is 7.25. The van der Waals surface area contributed by atoms with Gasteiger partial charge >= 0.3 is 0 Å². The minimum absolute atomic E-state index is 0.248. The number of para-hydroxylation sites is 1. The zero-order valence-corrected chi connectivity index (χ0v) is 13.2. The fourth-order valence-electron chi connectivity index (χ4n) is 2.19. The van der Waals surface area contributed by atoms with Crippen molar-refractivity contribution in [1.82, 2.24) is 5.32 Å². The van der Waals surface area contributed by atoms with Crippen LogP contribution in [0.15, 0.2) is 54.6 Å². The van der Waals surface area contributed by atoms with Crippen LogP contribution in [-0.2, 0) is 6.54 Å². The van der Waals surface area contributed by atoms with Crippen LogP contribution in [0, 0.1) is 0 Å². The van der Waals surface area contributed by atoms with E-state index in [4.69, 9.17) is 4.74 Å². The van der Waals surface area contributed by atoms with E-state index in [1.807, 2.05) is 12.1 Å². The van der Waals surface area contributed by atoms with Gasteiger partial charge in [0.05, 0.1) is 6.10 Å². The number of hydrogen-bond acceptors (Lipinski definition) is 2. The van der Waals surface area contributed by atoms with Crippen LogP contribution in [-0.4, -0.2) is 6.10 Å². The summed E-state index contributed by atoms with van der Waals surface area (Å²) in [5.41, 5.74) is 2.51. The number of hydrogen-bond donors (Lipinski definition) is 1. The van der Waals surface area contributed by atoms with E-state index in [-0.39, 0.29) is 6.10 Å². The Morgan fingerprint density at radius 3 is 2.33 bits per heavy atom. The zero-order chi connectivity index (χ0) is 15.1. The highest BCUT2D eigenvalue weighted by molar-refractivity contribution is 5.33. The third-order valence-electron chi connectivity index (χ3n) is 3.77. The summed E-state index contributed by atoms with van der Waals surface area (Å²) in [4.78, 5) is 0. The van der Waals surface area contributed by atoms with Crippen LogP contribution in [0.2, 0.25) is 0 Å². The van der Waals surface area contributed by atoms with E-state index in [0.717, 1.165) is 18.7 Å². The van der Waals surface area contributed by atoms with E-state index in [1.165, 1.54) is 11.1 Å². The zero-order valence-electron chi connectivity index (χ0n) is 13.2. The highest BCUT2D eigenvalue weighted by Gasteiger charge is 2.09. The predicted molar refractivity (Wildman–Crippen MR) is 88.5 cm³/mol. The Morgan fingerprint density at radius 2 is 1.62 bits per heavy atom. The first-order valence-corrected chi connectivity index (χ1v) is 7.73. The van der Waals surface area contributed by atoms with E-state index in [9.17, 15) is 0 Å². The van der Waals surface area contributed by atoms with E-state index in [0.29, 0.717) is 6.04 Å². The van der Waals surface area contributed by atoms with Crippen molar-refractivity contribution in [3.05, 3.63) is 65.7 Å². The van der Waals surface area contributed by atoms with Crippen molar-refractivity contribution in [2.45, 2.75) is 45.9 Å². The molecule has 2 aromatic carbocycles. The fourth-order valence-corrected chi connectivity index (χ4v) is 2.19. The molecular weight excluding hydrogens is 258 g/mol. The molecule has 2 rings (SSSR count). The maximum absolute atomic E-state index is 5.99. The smallest absolute Gasteiger partial charge is 0.124 e. The normalized spacial score (nSPS) is 13.7. The summed E-state index contributed by atoms with van der Waals surface area (Å²) >= 11 is 0. The quantitative estimate of drug-likeness (QED) is 0.794. The molecule has 0 aliphatic rings. The van der Waals surface area contributed by atoms with Gasteiger partial charge in [0.1, 0.15) is 5.75 Å². The van der Waals surface area contributed by atoms with Crippen molar-refractivity contribution in [1.29, 1.82) is 0 Å². The fraction of sp³-hybridized carbons (Fsp3) is 0.368. The molecule has 2 heteroatoms. The van der Waals surface area contributed by atoms with E-state index in [1.54, 1.807) is 0 Å². The lowest BCUT2D eigenvalue weighted by Crippen LogP contribution is -2.19. The van der Waals surface area contributed by atoms with Gasteiger partial charge in [-0.25, -0.2) is 0 Å². The van der Waals surface area contributed by atoms with Gasteiger partial charge in [-0.15, -0.1) is 0 Å².